The minimum absolute atomic E-state index is 0.0822. The zero-order chi connectivity index (χ0) is 10.8. The molecule has 4 nitrogen and oxygen atoms in total. The number of ether oxygens (including phenoxy) is 1. The summed E-state index contributed by atoms with van der Waals surface area (Å²) in [7, 11) is 0. The fourth-order valence-corrected chi connectivity index (χ4v) is 1.27. The molecule has 1 aromatic heterocycles. The summed E-state index contributed by atoms with van der Waals surface area (Å²) in [6, 6.07) is 8.50. The van der Waals surface area contributed by atoms with Gasteiger partial charge in [0, 0.05) is 12.3 Å². The van der Waals surface area contributed by atoms with E-state index in [0.29, 0.717) is 11.0 Å². The molecule has 0 bridgehead atoms. The molecule has 0 aliphatic carbocycles. The van der Waals surface area contributed by atoms with Gasteiger partial charge in [0.15, 0.2) is 0 Å². The van der Waals surface area contributed by atoms with Crippen molar-refractivity contribution in [1.29, 1.82) is 0 Å². The number of hydrogen-bond acceptors (Lipinski definition) is 4. The third kappa shape index (κ3) is 1.88. The van der Waals surface area contributed by atoms with Gasteiger partial charge in [-0.1, -0.05) is 18.2 Å². The molecule has 0 amide bonds. The van der Waals surface area contributed by atoms with Crippen LogP contribution in [0.4, 0.5) is 0 Å². The van der Waals surface area contributed by atoms with Gasteiger partial charge in [0.2, 0.25) is 5.75 Å². The summed E-state index contributed by atoms with van der Waals surface area (Å²) in [6.07, 6.45) is 0. The standard InChI is InChI=1S/C11H8O4/c1-7(12)14-10-6-8-4-2-3-5-9(8)15-11(10)13/h2-6H,1H3. The van der Waals surface area contributed by atoms with Crippen LogP contribution in [0.25, 0.3) is 11.0 Å². The predicted molar refractivity (Wildman–Crippen MR) is 53.8 cm³/mol. The summed E-state index contributed by atoms with van der Waals surface area (Å²) in [4.78, 5) is 22.0. The van der Waals surface area contributed by atoms with Crippen LogP contribution in [0.2, 0.25) is 0 Å². The highest BCUT2D eigenvalue weighted by Crippen LogP contribution is 2.16. The molecule has 0 unspecified atom stereocenters. The number of rotatable bonds is 1. The van der Waals surface area contributed by atoms with Crippen LogP contribution in [-0.4, -0.2) is 5.97 Å². The third-order valence-corrected chi connectivity index (χ3v) is 1.86. The van der Waals surface area contributed by atoms with Gasteiger partial charge in [0.1, 0.15) is 5.58 Å². The fraction of sp³-hybridized carbons (Fsp3) is 0.0909. The first-order chi connectivity index (χ1) is 7.16. The molecule has 0 radical (unpaired) electrons. The van der Waals surface area contributed by atoms with Gasteiger partial charge in [-0.05, 0) is 12.1 Å². The second kappa shape index (κ2) is 3.57. The van der Waals surface area contributed by atoms with Crippen molar-refractivity contribution in [3.05, 3.63) is 40.8 Å². The molecular formula is C11H8O4. The van der Waals surface area contributed by atoms with Crippen LogP contribution in [0.3, 0.4) is 0 Å². The average molecular weight is 204 g/mol. The monoisotopic (exact) mass is 204 g/mol. The minimum atomic E-state index is -0.649. The number of fused-ring (bicyclic) bond motifs is 1. The Morgan fingerprint density at radius 1 is 1.33 bits per heavy atom. The zero-order valence-electron chi connectivity index (χ0n) is 8.02. The van der Waals surface area contributed by atoms with Crippen molar-refractivity contribution in [2.45, 2.75) is 6.92 Å². The van der Waals surface area contributed by atoms with Gasteiger partial charge in [-0.25, -0.2) is 4.79 Å². The summed E-state index contributed by atoms with van der Waals surface area (Å²) in [5.41, 5.74) is -0.178. The molecule has 76 valence electrons. The number of benzene rings is 1. The molecule has 0 saturated carbocycles. The van der Waals surface area contributed by atoms with Gasteiger partial charge >= 0.3 is 11.6 Å². The Hall–Kier alpha value is -2.10. The maximum Gasteiger partial charge on any atom is 0.379 e. The van der Waals surface area contributed by atoms with Gasteiger partial charge in [-0.15, -0.1) is 0 Å². The Bertz CT molecular complexity index is 568. The Kier molecular flexibility index (Phi) is 2.25. The van der Waals surface area contributed by atoms with Gasteiger partial charge in [-0.3, -0.25) is 4.79 Å². The lowest BCUT2D eigenvalue weighted by atomic mass is 10.2. The van der Waals surface area contributed by atoms with E-state index in [0.717, 1.165) is 0 Å². The number of hydrogen-bond donors (Lipinski definition) is 0. The first kappa shape index (κ1) is 9.45. The summed E-state index contributed by atoms with van der Waals surface area (Å²) >= 11 is 0. The molecule has 0 N–H and O–H groups in total. The fourth-order valence-electron chi connectivity index (χ4n) is 1.27. The highest BCUT2D eigenvalue weighted by Gasteiger charge is 2.07. The van der Waals surface area contributed by atoms with E-state index in [9.17, 15) is 9.59 Å². The average Bonchev–Trinajstić information content (AvgIpc) is 2.18. The van der Waals surface area contributed by atoms with E-state index in [1.807, 2.05) is 0 Å². The molecule has 2 aromatic rings. The SMILES string of the molecule is CC(=O)Oc1cc2ccccc2oc1=O. The maximum atomic E-state index is 11.3. The van der Waals surface area contributed by atoms with Crippen LogP contribution in [0.1, 0.15) is 6.92 Å². The number of carbonyl (C=O) groups is 1. The highest BCUT2D eigenvalue weighted by atomic mass is 16.5. The minimum Gasteiger partial charge on any atom is -0.420 e. The van der Waals surface area contributed by atoms with Crippen LogP contribution in [0.5, 0.6) is 5.75 Å². The molecular weight excluding hydrogens is 196 g/mol. The Balaban J connectivity index is 2.62. The molecule has 0 saturated heterocycles. The zero-order valence-corrected chi connectivity index (χ0v) is 8.02. The Morgan fingerprint density at radius 2 is 2.07 bits per heavy atom. The molecule has 15 heavy (non-hydrogen) atoms. The smallest absolute Gasteiger partial charge is 0.379 e. The van der Waals surface area contributed by atoms with Crippen molar-refractivity contribution in [1.82, 2.24) is 0 Å². The van der Waals surface area contributed by atoms with Crippen LogP contribution in [-0.2, 0) is 4.79 Å². The molecule has 0 fully saturated rings. The second-order valence-corrected chi connectivity index (χ2v) is 3.03. The predicted octanol–water partition coefficient (Wildman–Crippen LogP) is 1.72. The molecule has 0 aliphatic rings. The summed E-state index contributed by atoms with van der Waals surface area (Å²) in [5, 5.41) is 0.716. The summed E-state index contributed by atoms with van der Waals surface area (Å²) in [5.74, 6) is -0.626. The lowest BCUT2D eigenvalue weighted by molar-refractivity contribution is -0.132. The quantitative estimate of drug-likeness (QED) is 0.524. The van der Waals surface area contributed by atoms with Gasteiger partial charge in [0.25, 0.3) is 0 Å². The van der Waals surface area contributed by atoms with Crippen LogP contribution >= 0.6 is 0 Å². The van der Waals surface area contributed by atoms with E-state index >= 15 is 0 Å². The normalized spacial score (nSPS) is 10.2. The molecule has 1 aromatic carbocycles. The summed E-state index contributed by atoms with van der Waals surface area (Å²) < 4.78 is 9.67. The Morgan fingerprint density at radius 3 is 2.80 bits per heavy atom. The van der Waals surface area contributed by atoms with Crippen molar-refractivity contribution in [2.24, 2.45) is 0 Å². The molecule has 0 spiro atoms. The molecule has 2 rings (SSSR count). The van der Waals surface area contributed by atoms with Gasteiger partial charge in [0.05, 0.1) is 0 Å². The van der Waals surface area contributed by atoms with E-state index in [-0.39, 0.29) is 5.75 Å². The van der Waals surface area contributed by atoms with Crippen molar-refractivity contribution in [2.75, 3.05) is 0 Å². The number of para-hydroxylation sites is 1. The van der Waals surface area contributed by atoms with E-state index in [4.69, 9.17) is 9.15 Å². The van der Waals surface area contributed by atoms with E-state index < -0.39 is 11.6 Å². The van der Waals surface area contributed by atoms with Crippen molar-refractivity contribution in [3.63, 3.8) is 0 Å². The van der Waals surface area contributed by atoms with E-state index in [2.05, 4.69) is 0 Å². The maximum absolute atomic E-state index is 11.3. The van der Waals surface area contributed by atoms with E-state index in [1.165, 1.54) is 13.0 Å². The molecule has 0 aliphatic heterocycles. The number of carbonyl (C=O) groups excluding carboxylic acids is 1. The Labute approximate surface area is 85.1 Å². The van der Waals surface area contributed by atoms with Crippen LogP contribution in [0, 0.1) is 0 Å². The molecule has 0 atom stereocenters. The molecule has 1 heterocycles. The van der Waals surface area contributed by atoms with Crippen molar-refractivity contribution in [3.8, 4) is 5.75 Å². The number of esters is 1. The summed E-state index contributed by atoms with van der Waals surface area (Å²) in [6.45, 7) is 1.23. The second-order valence-electron chi connectivity index (χ2n) is 3.03. The lowest BCUT2D eigenvalue weighted by Crippen LogP contribution is -2.10. The highest BCUT2D eigenvalue weighted by molar-refractivity contribution is 5.78. The van der Waals surface area contributed by atoms with Crippen molar-refractivity contribution >= 4 is 16.9 Å². The topological polar surface area (TPSA) is 56.5 Å². The lowest BCUT2D eigenvalue weighted by Gasteiger charge is -2.00. The van der Waals surface area contributed by atoms with Crippen LogP contribution in [0.15, 0.2) is 39.5 Å². The van der Waals surface area contributed by atoms with Gasteiger partial charge in [-0.2, -0.15) is 0 Å². The van der Waals surface area contributed by atoms with E-state index in [1.54, 1.807) is 24.3 Å². The first-order valence-electron chi connectivity index (χ1n) is 4.38. The van der Waals surface area contributed by atoms with Crippen molar-refractivity contribution < 1.29 is 13.9 Å². The first-order valence-corrected chi connectivity index (χ1v) is 4.38. The third-order valence-electron chi connectivity index (χ3n) is 1.86. The van der Waals surface area contributed by atoms with Gasteiger partial charge < -0.3 is 9.15 Å². The van der Waals surface area contributed by atoms with Crippen LogP contribution < -0.4 is 10.4 Å². The molecule has 4 heteroatoms. The largest absolute Gasteiger partial charge is 0.420 e.